The lowest BCUT2D eigenvalue weighted by atomic mass is 10.1. The first-order valence-electron chi connectivity index (χ1n) is 9.39. The summed E-state index contributed by atoms with van der Waals surface area (Å²) >= 11 is 0. The van der Waals surface area contributed by atoms with Gasteiger partial charge in [-0.15, -0.1) is 0 Å². The van der Waals surface area contributed by atoms with Crippen molar-refractivity contribution in [3.8, 4) is 11.5 Å². The minimum atomic E-state index is -0.110. The first kappa shape index (κ1) is 18.2. The standard InChI is InChI=1S/C21H26N2O3/c1-3-23-14-13-18(22-23)19(24)11-9-16-10-12-20(21(15-16)25-4-2)26-17-7-5-6-8-17/h9-15,17H,3-8H2,1-2H3/b11-9+. The Morgan fingerprint density at radius 1 is 1.23 bits per heavy atom. The van der Waals surface area contributed by atoms with Crippen LogP contribution in [0.25, 0.3) is 6.08 Å². The molecule has 0 aliphatic heterocycles. The summed E-state index contributed by atoms with van der Waals surface area (Å²) in [6, 6.07) is 7.53. The lowest BCUT2D eigenvalue weighted by molar-refractivity contribution is 0.104. The average molecular weight is 354 g/mol. The normalized spacial score (nSPS) is 14.8. The van der Waals surface area contributed by atoms with Crippen LogP contribution >= 0.6 is 0 Å². The molecule has 5 heteroatoms. The number of hydrogen-bond donors (Lipinski definition) is 0. The predicted octanol–water partition coefficient (Wildman–Crippen LogP) is 4.52. The van der Waals surface area contributed by atoms with Crippen molar-refractivity contribution in [3.63, 3.8) is 0 Å². The number of aromatic nitrogens is 2. The number of rotatable bonds is 8. The van der Waals surface area contributed by atoms with Crippen molar-refractivity contribution in [2.75, 3.05) is 6.61 Å². The van der Waals surface area contributed by atoms with Crippen LogP contribution in [0.2, 0.25) is 0 Å². The highest BCUT2D eigenvalue weighted by molar-refractivity contribution is 6.05. The lowest BCUT2D eigenvalue weighted by Gasteiger charge is -2.17. The molecule has 1 aromatic carbocycles. The third kappa shape index (κ3) is 4.54. The van der Waals surface area contributed by atoms with Gasteiger partial charge in [-0.05, 0) is 69.4 Å². The van der Waals surface area contributed by atoms with Crippen molar-refractivity contribution in [1.29, 1.82) is 0 Å². The zero-order valence-electron chi connectivity index (χ0n) is 15.5. The van der Waals surface area contributed by atoms with Gasteiger partial charge in [-0.3, -0.25) is 9.48 Å². The topological polar surface area (TPSA) is 53.4 Å². The highest BCUT2D eigenvalue weighted by Crippen LogP contribution is 2.33. The van der Waals surface area contributed by atoms with Crippen LogP contribution in [0, 0.1) is 0 Å². The van der Waals surface area contributed by atoms with E-state index in [2.05, 4.69) is 5.10 Å². The molecule has 0 unspecified atom stereocenters. The molecule has 0 radical (unpaired) electrons. The van der Waals surface area contributed by atoms with Gasteiger partial charge < -0.3 is 9.47 Å². The Hall–Kier alpha value is -2.56. The van der Waals surface area contributed by atoms with Crippen molar-refractivity contribution in [1.82, 2.24) is 9.78 Å². The van der Waals surface area contributed by atoms with Crippen LogP contribution in [0.5, 0.6) is 11.5 Å². The predicted molar refractivity (Wildman–Crippen MR) is 102 cm³/mol. The Kier molecular flexibility index (Phi) is 6.10. The van der Waals surface area contributed by atoms with Crippen LogP contribution in [0.15, 0.2) is 36.5 Å². The molecule has 0 spiro atoms. The molecule has 1 aromatic heterocycles. The van der Waals surface area contributed by atoms with Crippen LogP contribution in [-0.4, -0.2) is 28.3 Å². The largest absolute Gasteiger partial charge is 0.490 e. The molecular weight excluding hydrogens is 328 g/mol. The number of ether oxygens (including phenoxy) is 2. The van der Waals surface area contributed by atoms with E-state index in [0.29, 0.717) is 12.3 Å². The molecule has 2 aromatic rings. The number of nitrogens with zero attached hydrogens (tertiary/aromatic N) is 2. The Bertz CT molecular complexity index is 773. The van der Waals surface area contributed by atoms with E-state index in [4.69, 9.17) is 9.47 Å². The Morgan fingerprint density at radius 3 is 2.73 bits per heavy atom. The van der Waals surface area contributed by atoms with E-state index in [1.807, 2.05) is 38.2 Å². The second-order valence-electron chi connectivity index (χ2n) is 6.42. The fourth-order valence-corrected chi connectivity index (χ4v) is 3.11. The molecule has 26 heavy (non-hydrogen) atoms. The zero-order valence-corrected chi connectivity index (χ0v) is 15.5. The van der Waals surface area contributed by atoms with Crippen molar-refractivity contribution in [3.05, 3.63) is 47.8 Å². The molecule has 138 valence electrons. The first-order chi connectivity index (χ1) is 12.7. The molecule has 0 amide bonds. The summed E-state index contributed by atoms with van der Waals surface area (Å²) in [6.07, 6.45) is 10.1. The summed E-state index contributed by atoms with van der Waals surface area (Å²) in [5.41, 5.74) is 1.35. The maximum absolute atomic E-state index is 12.2. The number of hydrogen-bond acceptors (Lipinski definition) is 4. The van der Waals surface area contributed by atoms with Gasteiger partial charge in [0.05, 0.1) is 12.7 Å². The summed E-state index contributed by atoms with van der Waals surface area (Å²) in [5, 5.41) is 4.23. The van der Waals surface area contributed by atoms with E-state index in [9.17, 15) is 4.79 Å². The summed E-state index contributed by atoms with van der Waals surface area (Å²) in [5.74, 6) is 1.40. The molecule has 5 nitrogen and oxygen atoms in total. The van der Waals surface area contributed by atoms with Gasteiger partial charge in [0.25, 0.3) is 0 Å². The van der Waals surface area contributed by atoms with Gasteiger partial charge in [-0.25, -0.2) is 0 Å². The number of carbonyl (C=O) groups excluding carboxylic acids is 1. The molecule has 0 atom stereocenters. The SMILES string of the molecule is CCOc1cc(/C=C/C(=O)c2ccn(CC)n2)ccc1OC1CCCC1. The Labute approximate surface area is 154 Å². The fourth-order valence-electron chi connectivity index (χ4n) is 3.11. The van der Waals surface area contributed by atoms with Crippen LogP contribution in [0.4, 0.5) is 0 Å². The number of benzene rings is 1. The monoisotopic (exact) mass is 354 g/mol. The maximum atomic E-state index is 12.2. The number of aryl methyl sites for hydroxylation is 1. The van der Waals surface area contributed by atoms with Crippen molar-refractivity contribution < 1.29 is 14.3 Å². The lowest BCUT2D eigenvalue weighted by Crippen LogP contribution is -2.11. The summed E-state index contributed by atoms with van der Waals surface area (Å²) in [4.78, 5) is 12.2. The summed E-state index contributed by atoms with van der Waals surface area (Å²) < 4.78 is 13.6. The minimum Gasteiger partial charge on any atom is -0.490 e. The minimum absolute atomic E-state index is 0.110. The Balaban J connectivity index is 1.72. The third-order valence-corrected chi connectivity index (χ3v) is 4.51. The molecule has 1 saturated carbocycles. The molecule has 1 aliphatic carbocycles. The van der Waals surface area contributed by atoms with Crippen molar-refractivity contribution >= 4 is 11.9 Å². The highest BCUT2D eigenvalue weighted by Gasteiger charge is 2.18. The van der Waals surface area contributed by atoms with E-state index < -0.39 is 0 Å². The van der Waals surface area contributed by atoms with E-state index in [1.165, 1.54) is 12.8 Å². The smallest absolute Gasteiger partial charge is 0.206 e. The zero-order chi connectivity index (χ0) is 18.4. The molecular formula is C21H26N2O3. The number of carbonyl (C=O) groups is 1. The quantitative estimate of drug-likeness (QED) is 0.517. The van der Waals surface area contributed by atoms with Gasteiger partial charge in [0, 0.05) is 12.7 Å². The van der Waals surface area contributed by atoms with Gasteiger partial charge in [-0.1, -0.05) is 12.1 Å². The van der Waals surface area contributed by atoms with E-state index in [0.717, 1.165) is 36.4 Å². The molecule has 0 bridgehead atoms. The van der Waals surface area contributed by atoms with Crippen LogP contribution in [-0.2, 0) is 6.54 Å². The molecule has 1 aliphatic rings. The van der Waals surface area contributed by atoms with E-state index in [-0.39, 0.29) is 11.9 Å². The van der Waals surface area contributed by atoms with Gasteiger partial charge in [0.2, 0.25) is 5.78 Å². The highest BCUT2D eigenvalue weighted by atomic mass is 16.5. The van der Waals surface area contributed by atoms with Gasteiger partial charge in [-0.2, -0.15) is 5.10 Å². The van der Waals surface area contributed by atoms with E-state index >= 15 is 0 Å². The van der Waals surface area contributed by atoms with Gasteiger partial charge in [0.1, 0.15) is 5.69 Å². The van der Waals surface area contributed by atoms with Crippen molar-refractivity contribution in [2.45, 2.75) is 52.2 Å². The van der Waals surface area contributed by atoms with E-state index in [1.54, 1.807) is 22.9 Å². The van der Waals surface area contributed by atoms with Gasteiger partial charge >= 0.3 is 0 Å². The average Bonchev–Trinajstić information content (AvgIpc) is 3.33. The maximum Gasteiger partial charge on any atom is 0.206 e. The van der Waals surface area contributed by atoms with Crippen LogP contribution in [0.3, 0.4) is 0 Å². The summed E-state index contributed by atoms with van der Waals surface area (Å²) in [6.45, 7) is 5.26. The first-order valence-corrected chi connectivity index (χ1v) is 9.39. The molecule has 1 heterocycles. The molecule has 0 N–H and O–H groups in total. The fraction of sp³-hybridized carbons (Fsp3) is 0.429. The van der Waals surface area contributed by atoms with Crippen LogP contribution in [0.1, 0.15) is 55.6 Å². The van der Waals surface area contributed by atoms with Crippen molar-refractivity contribution in [2.24, 2.45) is 0 Å². The van der Waals surface area contributed by atoms with Crippen LogP contribution < -0.4 is 9.47 Å². The summed E-state index contributed by atoms with van der Waals surface area (Å²) in [7, 11) is 0. The number of ketones is 1. The molecule has 3 rings (SSSR count). The second-order valence-corrected chi connectivity index (χ2v) is 6.42. The molecule has 1 fully saturated rings. The second kappa shape index (κ2) is 8.70. The molecule has 0 saturated heterocycles. The van der Waals surface area contributed by atoms with Gasteiger partial charge in [0.15, 0.2) is 11.5 Å². The third-order valence-electron chi connectivity index (χ3n) is 4.51. The Morgan fingerprint density at radius 2 is 2.04 bits per heavy atom. The number of allylic oxidation sites excluding steroid dienone is 1.